The van der Waals surface area contributed by atoms with Crippen molar-refractivity contribution in [2.45, 2.75) is 50.7 Å². The number of aliphatic hydroxyl groups excluding tert-OH is 1. The van der Waals surface area contributed by atoms with E-state index in [9.17, 15) is 5.11 Å². The largest absolute Gasteiger partial charge is 0.487 e. The lowest BCUT2D eigenvalue weighted by Gasteiger charge is -2.55. The van der Waals surface area contributed by atoms with E-state index in [1.54, 1.807) is 0 Å². The zero-order chi connectivity index (χ0) is 14.3. The highest BCUT2D eigenvalue weighted by Crippen LogP contribution is 2.53. The van der Waals surface area contributed by atoms with Gasteiger partial charge >= 0.3 is 0 Å². The topological polar surface area (TPSA) is 29.5 Å². The van der Waals surface area contributed by atoms with Gasteiger partial charge in [0.05, 0.1) is 13.2 Å². The van der Waals surface area contributed by atoms with Crippen molar-refractivity contribution < 1.29 is 9.84 Å². The van der Waals surface area contributed by atoms with E-state index in [2.05, 4.69) is 79.9 Å². The first-order valence-electron chi connectivity index (χ1n) is 7.02. The van der Waals surface area contributed by atoms with Crippen LogP contribution in [0.25, 0.3) is 0 Å². The third kappa shape index (κ3) is 2.84. The third-order valence-electron chi connectivity index (χ3n) is 4.75. The molecule has 2 aliphatic rings. The first-order valence-corrected chi connectivity index (χ1v) is 10.3. The molecular formula is C15H17I3O2. The van der Waals surface area contributed by atoms with Gasteiger partial charge < -0.3 is 9.84 Å². The Hall–Kier alpha value is 1.17. The molecule has 0 radical (unpaired) electrons. The number of halogens is 3. The molecule has 0 aliphatic heterocycles. The van der Waals surface area contributed by atoms with Gasteiger partial charge in [0, 0.05) is 15.4 Å². The first-order chi connectivity index (χ1) is 9.53. The van der Waals surface area contributed by atoms with Gasteiger partial charge in [0.15, 0.2) is 0 Å². The van der Waals surface area contributed by atoms with Crippen molar-refractivity contribution in [3.8, 4) is 5.75 Å². The average molecular weight is 610 g/mol. The fourth-order valence-corrected chi connectivity index (χ4v) is 7.38. The molecule has 5 heteroatoms. The molecule has 0 aromatic heterocycles. The fourth-order valence-electron chi connectivity index (χ4n) is 3.54. The molecule has 0 amide bonds. The minimum atomic E-state index is -0.160. The number of benzene rings is 1. The number of rotatable bonds is 2. The Bertz CT molecular complexity index is 489. The van der Waals surface area contributed by atoms with Crippen molar-refractivity contribution >= 4 is 67.8 Å². The lowest BCUT2D eigenvalue weighted by atomic mass is 9.56. The molecule has 2 nitrogen and oxygen atoms in total. The lowest BCUT2D eigenvalue weighted by Crippen LogP contribution is -2.60. The van der Waals surface area contributed by atoms with Crippen molar-refractivity contribution in [3.05, 3.63) is 22.8 Å². The number of hydrogen-bond acceptors (Lipinski definition) is 2. The monoisotopic (exact) mass is 610 g/mol. The highest BCUT2D eigenvalue weighted by atomic mass is 127. The highest BCUT2D eigenvalue weighted by molar-refractivity contribution is 14.1. The van der Waals surface area contributed by atoms with Crippen LogP contribution in [0.3, 0.4) is 0 Å². The van der Waals surface area contributed by atoms with Crippen molar-refractivity contribution in [2.75, 3.05) is 0 Å². The van der Waals surface area contributed by atoms with E-state index in [1.807, 2.05) is 0 Å². The molecule has 0 saturated heterocycles. The molecule has 1 aromatic carbocycles. The summed E-state index contributed by atoms with van der Waals surface area (Å²) in [6.45, 7) is 0. The Morgan fingerprint density at radius 3 is 2.20 bits per heavy atom. The second kappa shape index (κ2) is 6.35. The van der Waals surface area contributed by atoms with Crippen molar-refractivity contribution in [3.63, 3.8) is 0 Å². The van der Waals surface area contributed by atoms with Crippen LogP contribution >= 0.6 is 67.8 Å². The van der Waals surface area contributed by atoms with Crippen LogP contribution in [-0.4, -0.2) is 17.3 Å². The summed E-state index contributed by atoms with van der Waals surface area (Å²) in [7, 11) is 0. The Kier molecular flexibility index (Phi) is 5.09. The second-order valence-corrected chi connectivity index (χ2v) is 9.42. The Labute approximate surface area is 160 Å². The van der Waals surface area contributed by atoms with E-state index in [0.717, 1.165) is 25.0 Å². The van der Waals surface area contributed by atoms with Crippen LogP contribution in [-0.2, 0) is 0 Å². The zero-order valence-corrected chi connectivity index (χ0v) is 17.5. The normalized spacial score (nSPS) is 28.2. The molecule has 2 atom stereocenters. The molecule has 2 unspecified atom stereocenters. The molecule has 1 spiro atoms. The molecule has 20 heavy (non-hydrogen) atoms. The summed E-state index contributed by atoms with van der Waals surface area (Å²) in [6, 6.07) is 4.31. The van der Waals surface area contributed by atoms with Crippen LogP contribution in [0.5, 0.6) is 5.75 Å². The van der Waals surface area contributed by atoms with Crippen LogP contribution in [0, 0.1) is 16.1 Å². The predicted octanol–water partition coefficient (Wildman–Crippen LogP) is 4.96. The van der Waals surface area contributed by atoms with Gasteiger partial charge in [-0.05, 0) is 92.7 Å². The summed E-state index contributed by atoms with van der Waals surface area (Å²) in [6.07, 6.45) is 6.84. The smallest absolute Gasteiger partial charge is 0.146 e. The average Bonchev–Trinajstić information content (AvgIpc) is 2.42. The zero-order valence-electron chi connectivity index (χ0n) is 11.0. The summed E-state index contributed by atoms with van der Waals surface area (Å²) < 4.78 is 9.94. The Morgan fingerprint density at radius 2 is 1.65 bits per heavy atom. The number of hydrogen-bond donors (Lipinski definition) is 1. The van der Waals surface area contributed by atoms with Crippen molar-refractivity contribution in [1.82, 2.24) is 0 Å². The van der Waals surface area contributed by atoms with Crippen molar-refractivity contribution in [1.29, 1.82) is 0 Å². The summed E-state index contributed by atoms with van der Waals surface area (Å²) in [5.74, 6) is 1.01. The summed E-state index contributed by atoms with van der Waals surface area (Å²) in [5.41, 5.74) is 0.0351. The molecule has 0 bridgehead atoms. The van der Waals surface area contributed by atoms with Crippen LogP contribution in [0.15, 0.2) is 12.1 Å². The maximum Gasteiger partial charge on any atom is 0.146 e. The quantitative estimate of drug-likeness (QED) is 0.481. The van der Waals surface area contributed by atoms with Gasteiger partial charge in [-0.1, -0.05) is 19.3 Å². The fraction of sp³-hybridized carbons (Fsp3) is 0.600. The highest BCUT2D eigenvalue weighted by Gasteiger charge is 2.56. The molecule has 1 N–H and O–H groups in total. The second-order valence-electron chi connectivity index (χ2n) is 5.85. The first kappa shape index (κ1) is 16.0. The van der Waals surface area contributed by atoms with Crippen LogP contribution in [0.2, 0.25) is 0 Å². The summed E-state index contributed by atoms with van der Waals surface area (Å²) in [5, 5.41) is 10.3. The van der Waals surface area contributed by atoms with Gasteiger partial charge in [-0.3, -0.25) is 0 Å². The summed E-state index contributed by atoms with van der Waals surface area (Å²) >= 11 is 7.05. The molecule has 110 valence electrons. The Balaban J connectivity index is 1.82. The third-order valence-corrected chi connectivity index (χ3v) is 6.98. The maximum absolute atomic E-state index is 10.3. The molecule has 2 saturated carbocycles. The molecule has 3 rings (SSSR count). The molecule has 2 fully saturated rings. The maximum atomic E-state index is 10.3. The van der Waals surface area contributed by atoms with Gasteiger partial charge in [-0.25, -0.2) is 0 Å². The van der Waals surface area contributed by atoms with Gasteiger partial charge in [-0.2, -0.15) is 0 Å². The van der Waals surface area contributed by atoms with E-state index >= 15 is 0 Å². The summed E-state index contributed by atoms with van der Waals surface area (Å²) in [4.78, 5) is 0. The van der Waals surface area contributed by atoms with E-state index in [4.69, 9.17) is 4.74 Å². The SMILES string of the molecule is OC1CC(Oc2c(I)cc(I)cc2I)C12CCCCC2. The predicted molar refractivity (Wildman–Crippen MR) is 105 cm³/mol. The van der Waals surface area contributed by atoms with E-state index in [-0.39, 0.29) is 17.6 Å². The van der Waals surface area contributed by atoms with Crippen molar-refractivity contribution in [2.24, 2.45) is 5.41 Å². The van der Waals surface area contributed by atoms with Gasteiger partial charge in [0.1, 0.15) is 11.9 Å². The number of aliphatic hydroxyl groups is 1. The standard InChI is InChI=1S/C15H17I3O2/c16-9-6-10(17)14(11(18)7-9)20-13-8-12(19)15(13)4-2-1-3-5-15/h6-7,12-13,19H,1-5,8H2. The van der Waals surface area contributed by atoms with Gasteiger partial charge in [0.2, 0.25) is 0 Å². The van der Waals surface area contributed by atoms with Crippen LogP contribution < -0.4 is 4.74 Å². The van der Waals surface area contributed by atoms with E-state index < -0.39 is 0 Å². The van der Waals surface area contributed by atoms with Crippen LogP contribution in [0.1, 0.15) is 38.5 Å². The van der Waals surface area contributed by atoms with Crippen LogP contribution in [0.4, 0.5) is 0 Å². The molecule has 2 aliphatic carbocycles. The lowest BCUT2D eigenvalue weighted by molar-refractivity contribution is -0.172. The van der Waals surface area contributed by atoms with Gasteiger partial charge in [-0.15, -0.1) is 0 Å². The minimum Gasteiger partial charge on any atom is -0.487 e. The molecule has 1 aromatic rings. The molecule has 0 heterocycles. The minimum absolute atomic E-state index is 0.0351. The van der Waals surface area contributed by atoms with E-state index in [0.29, 0.717) is 0 Å². The Morgan fingerprint density at radius 1 is 1.05 bits per heavy atom. The van der Waals surface area contributed by atoms with E-state index in [1.165, 1.54) is 30.0 Å². The number of ether oxygens (including phenoxy) is 1. The molecular weight excluding hydrogens is 593 g/mol. The van der Waals surface area contributed by atoms with Gasteiger partial charge in [0.25, 0.3) is 0 Å².